The van der Waals surface area contributed by atoms with Crippen molar-refractivity contribution in [2.24, 2.45) is 0 Å². The number of hydrogen-bond acceptors (Lipinski definition) is 3. The van der Waals surface area contributed by atoms with Crippen molar-refractivity contribution in [3.63, 3.8) is 0 Å². The van der Waals surface area contributed by atoms with Gasteiger partial charge in [-0.3, -0.25) is 0 Å². The summed E-state index contributed by atoms with van der Waals surface area (Å²) in [6.45, 7) is 1.71. The van der Waals surface area contributed by atoms with Gasteiger partial charge in [0.05, 0.1) is 11.5 Å². The third-order valence-corrected chi connectivity index (χ3v) is 5.35. The van der Waals surface area contributed by atoms with E-state index >= 15 is 0 Å². The normalized spacial score (nSPS) is 16.2. The molecule has 0 aromatic heterocycles. The molecule has 1 fully saturated rings. The summed E-state index contributed by atoms with van der Waals surface area (Å²) < 4.78 is 26.4. The van der Waals surface area contributed by atoms with Gasteiger partial charge in [-0.2, -0.15) is 4.31 Å². The Kier molecular flexibility index (Phi) is 3.96. The van der Waals surface area contributed by atoms with Crippen LogP contribution in [0.25, 0.3) is 0 Å². The second-order valence-electron chi connectivity index (χ2n) is 4.48. The Labute approximate surface area is 112 Å². The van der Waals surface area contributed by atoms with Crippen LogP contribution in [0.4, 0.5) is 0 Å². The number of halogens is 1. The molecule has 1 saturated carbocycles. The number of benzene rings is 1. The standard InChI is InChI=1S/C12H16ClNO3S/c1-9-8-10(13)2-5-12(9)18(16,17)14(6-7-15)11-3-4-11/h2,5,8,11,15H,3-4,6-7H2,1H3. The van der Waals surface area contributed by atoms with E-state index < -0.39 is 10.0 Å². The Hall–Kier alpha value is -0.620. The monoisotopic (exact) mass is 289 g/mol. The highest BCUT2D eigenvalue weighted by molar-refractivity contribution is 7.89. The number of aryl methyl sites for hydroxylation is 1. The second-order valence-corrected chi connectivity index (χ2v) is 6.78. The SMILES string of the molecule is Cc1cc(Cl)ccc1S(=O)(=O)N(CCO)C1CC1. The predicted molar refractivity (Wildman–Crippen MR) is 70.2 cm³/mol. The van der Waals surface area contributed by atoms with Crippen molar-refractivity contribution in [1.29, 1.82) is 0 Å². The summed E-state index contributed by atoms with van der Waals surface area (Å²) in [6, 6.07) is 4.78. The first-order chi connectivity index (χ1) is 8.46. The van der Waals surface area contributed by atoms with E-state index in [0.717, 1.165) is 12.8 Å². The van der Waals surface area contributed by atoms with Crippen molar-refractivity contribution in [2.75, 3.05) is 13.2 Å². The van der Waals surface area contributed by atoms with E-state index in [0.29, 0.717) is 10.6 Å². The minimum atomic E-state index is -3.53. The van der Waals surface area contributed by atoms with E-state index in [9.17, 15) is 8.42 Å². The lowest BCUT2D eigenvalue weighted by atomic mass is 10.2. The highest BCUT2D eigenvalue weighted by atomic mass is 35.5. The first kappa shape index (κ1) is 13.8. The Morgan fingerprint density at radius 1 is 1.44 bits per heavy atom. The summed E-state index contributed by atoms with van der Waals surface area (Å²) in [4.78, 5) is 0.271. The van der Waals surface area contributed by atoms with E-state index in [1.54, 1.807) is 19.1 Å². The molecule has 1 aliphatic rings. The summed E-state index contributed by atoms with van der Waals surface area (Å²) in [5.41, 5.74) is 0.631. The van der Waals surface area contributed by atoms with E-state index in [1.165, 1.54) is 10.4 Å². The summed E-state index contributed by atoms with van der Waals surface area (Å²) in [6.07, 6.45) is 1.73. The van der Waals surface area contributed by atoms with Gasteiger partial charge in [-0.05, 0) is 43.5 Å². The lowest BCUT2D eigenvalue weighted by molar-refractivity contribution is 0.250. The van der Waals surface area contributed by atoms with Crippen LogP contribution < -0.4 is 0 Å². The lowest BCUT2D eigenvalue weighted by Crippen LogP contribution is -2.35. The fourth-order valence-corrected chi connectivity index (χ4v) is 4.10. The maximum absolute atomic E-state index is 12.5. The zero-order valence-electron chi connectivity index (χ0n) is 10.1. The van der Waals surface area contributed by atoms with Crippen LogP contribution in [0, 0.1) is 6.92 Å². The zero-order valence-corrected chi connectivity index (χ0v) is 11.7. The van der Waals surface area contributed by atoms with Gasteiger partial charge in [-0.1, -0.05) is 11.6 Å². The number of hydrogen-bond donors (Lipinski definition) is 1. The van der Waals surface area contributed by atoms with Gasteiger partial charge in [0, 0.05) is 17.6 Å². The average Bonchev–Trinajstić information content (AvgIpc) is 3.08. The van der Waals surface area contributed by atoms with Gasteiger partial charge < -0.3 is 5.11 Å². The van der Waals surface area contributed by atoms with Crippen molar-refractivity contribution in [2.45, 2.75) is 30.7 Å². The van der Waals surface area contributed by atoms with Gasteiger partial charge in [-0.15, -0.1) is 0 Å². The molecule has 100 valence electrons. The van der Waals surface area contributed by atoms with Gasteiger partial charge in [0.1, 0.15) is 0 Å². The fraction of sp³-hybridized carbons (Fsp3) is 0.500. The minimum absolute atomic E-state index is 0.0391. The summed E-state index contributed by atoms with van der Waals surface area (Å²) >= 11 is 5.83. The number of aliphatic hydroxyl groups is 1. The fourth-order valence-electron chi connectivity index (χ4n) is 1.99. The minimum Gasteiger partial charge on any atom is -0.395 e. The molecule has 0 heterocycles. The summed E-state index contributed by atoms with van der Waals surface area (Å²) in [5.74, 6) is 0. The number of aliphatic hydroxyl groups excluding tert-OH is 1. The molecule has 1 aromatic carbocycles. The average molecular weight is 290 g/mol. The quantitative estimate of drug-likeness (QED) is 0.899. The zero-order chi connectivity index (χ0) is 13.3. The van der Waals surface area contributed by atoms with Crippen LogP contribution in [0.15, 0.2) is 23.1 Å². The molecule has 4 nitrogen and oxygen atoms in total. The van der Waals surface area contributed by atoms with Gasteiger partial charge in [0.15, 0.2) is 0 Å². The Morgan fingerprint density at radius 2 is 2.11 bits per heavy atom. The van der Waals surface area contributed by atoms with E-state index in [4.69, 9.17) is 16.7 Å². The molecule has 6 heteroatoms. The van der Waals surface area contributed by atoms with E-state index in [2.05, 4.69) is 0 Å². The van der Waals surface area contributed by atoms with Crippen LogP contribution in [-0.4, -0.2) is 37.0 Å². The van der Waals surface area contributed by atoms with Gasteiger partial charge >= 0.3 is 0 Å². The van der Waals surface area contributed by atoms with Crippen LogP contribution in [0.1, 0.15) is 18.4 Å². The third kappa shape index (κ3) is 2.69. The molecule has 1 aromatic rings. The molecular weight excluding hydrogens is 274 g/mol. The summed E-state index contributed by atoms with van der Waals surface area (Å²) in [5, 5.41) is 9.53. The maximum Gasteiger partial charge on any atom is 0.243 e. The van der Waals surface area contributed by atoms with Crippen molar-refractivity contribution in [3.8, 4) is 0 Å². The lowest BCUT2D eigenvalue weighted by Gasteiger charge is -2.21. The van der Waals surface area contributed by atoms with Gasteiger partial charge in [-0.25, -0.2) is 8.42 Å². The molecule has 1 aliphatic carbocycles. The van der Waals surface area contributed by atoms with Crippen LogP contribution in [0.2, 0.25) is 5.02 Å². The van der Waals surface area contributed by atoms with Crippen LogP contribution >= 0.6 is 11.6 Å². The van der Waals surface area contributed by atoms with Crippen LogP contribution in [0.5, 0.6) is 0 Å². The summed E-state index contributed by atoms with van der Waals surface area (Å²) in [7, 11) is -3.53. The van der Waals surface area contributed by atoms with Gasteiger partial charge in [0.25, 0.3) is 0 Å². The highest BCUT2D eigenvalue weighted by Crippen LogP contribution is 2.33. The molecule has 0 bridgehead atoms. The Bertz CT molecular complexity index is 540. The van der Waals surface area contributed by atoms with E-state index in [-0.39, 0.29) is 24.1 Å². The Balaban J connectivity index is 2.39. The first-order valence-corrected chi connectivity index (χ1v) is 7.67. The highest BCUT2D eigenvalue weighted by Gasteiger charge is 2.38. The van der Waals surface area contributed by atoms with Crippen LogP contribution in [-0.2, 0) is 10.0 Å². The molecule has 0 aliphatic heterocycles. The molecule has 0 amide bonds. The predicted octanol–water partition coefficient (Wildman–Crippen LogP) is 1.79. The van der Waals surface area contributed by atoms with Crippen molar-refractivity contribution >= 4 is 21.6 Å². The second kappa shape index (κ2) is 5.17. The smallest absolute Gasteiger partial charge is 0.243 e. The molecule has 1 N–H and O–H groups in total. The maximum atomic E-state index is 12.5. The van der Waals surface area contributed by atoms with Crippen LogP contribution in [0.3, 0.4) is 0 Å². The molecular formula is C12H16ClNO3S. The third-order valence-electron chi connectivity index (χ3n) is 3.00. The molecule has 0 atom stereocenters. The topological polar surface area (TPSA) is 57.6 Å². The number of rotatable bonds is 5. The van der Waals surface area contributed by atoms with Crippen molar-refractivity contribution in [1.82, 2.24) is 4.31 Å². The molecule has 0 saturated heterocycles. The number of sulfonamides is 1. The van der Waals surface area contributed by atoms with Crippen molar-refractivity contribution < 1.29 is 13.5 Å². The van der Waals surface area contributed by atoms with Crippen molar-refractivity contribution in [3.05, 3.63) is 28.8 Å². The molecule has 0 unspecified atom stereocenters. The molecule has 0 spiro atoms. The van der Waals surface area contributed by atoms with E-state index in [1.807, 2.05) is 0 Å². The molecule has 2 rings (SSSR count). The number of nitrogens with zero attached hydrogens (tertiary/aromatic N) is 1. The molecule has 0 radical (unpaired) electrons. The Morgan fingerprint density at radius 3 is 2.61 bits per heavy atom. The van der Waals surface area contributed by atoms with Gasteiger partial charge in [0.2, 0.25) is 10.0 Å². The largest absolute Gasteiger partial charge is 0.395 e. The first-order valence-electron chi connectivity index (χ1n) is 5.85. The molecule has 18 heavy (non-hydrogen) atoms.